The second-order valence-electron chi connectivity index (χ2n) is 9.88. The number of hydrogen-bond donors (Lipinski definition) is 1. The molecule has 1 saturated carbocycles. The van der Waals surface area contributed by atoms with Crippen molar-refractivity contribution in [1.82, 2.24) is 24.8 Å². The maximum Gasteiger partial charge on any atom is 0.267 e. The Balaban J connectivity index is 1.04. The number of aromatic amines is 1. The number of fused-ring (bicyclic) bond motifs is 1. The van der Waals surface area contributed by atoms with Crippen molar-refractivity contribution in [2.24, 2.45) is 5.92 Å². The third-order valence-corrected chi connectivity index (χ3v) is 7.25. The second-order valence-corrected chi connectivity index (χ2v) is 9.88. The number of carbonyl (C=O) groups excluding carboxylic acids is 1. The minimum Gasteiger partial charge on any atom is -0.474 e. The zero-order valence-corrected chi connectivity index (χ0v) is 20.2. The molecular formula is C28H27F2N5O2. The van der Waals surface area contributed by atoms with Gasteiger partial charge >= 0.3 is 0 Å². The number of amides is 1. The Morgan fingerprint density at radius 1 is 0.973 bits per heavy atom. The van der Waals surface area contributed by atoms with Gasteiger partial charge in [0.2, 0.25) is 11.8 Å². The van der Waals surface area contributed by atoms with E-state index in [1.165, 1.54) is 4.90 Å². The van der Waals surface area contributed by atoms with Crippen molar-refractivity contribution in [3.63, 3.8) is 0 Å². The molecule has 3 aromatic heterocycles. The second kappa shape index (κ2) is 9.53. The molecule has 4 heterocycles. The highest BCUT2D eigenvalue weighted by Gasteiger charge is 2.42. The molecule has 9 heteroatoms. The van der Waals surface area contributed by atoms with Gasteiger partial charge < -0.3 is 14.6 Å². The van der Waals surface area contributed by atoms with Gasteiger partial charge in [-0.05, 0) is 56.0 Å². The van der Waals surface area contributed by atoms with E-state index in [-0.39, 0.29) is 30.9 Å². The Morgan fingerprint density at radius 2 is 1.76 bits per heavy atom. The first kappa shape index (κ1) is 23.5. The van der Waals surface area contributed by atoms with Gasteiger partial charge in [0.1, 0.15) is 11.9 Å². The number of halogens is 2. The fourth-order valence-electron chi connectivity index (χ4n) is 5.18. The van der Waals surface area contributed by atoms with Gasteiger partial charge in [-0.15, -0.1) is 0 Å². The lowest BCUT2D eigenvalue weighted by Crippen LogP contribution is -2.38. The molecule has 0 radical (unpaired) electrons. The molecule has 1 saturated heterocycles. The number of ether oxygens (including phenoxy) is 1. The van der Waals surface area contributed by atoms with E-state index in [1.54, 1.807) is 12.4 Å². The Kier molecular flexibility index (Phi) is 6.06. The lowest BCUT2D eigenvalue weighted by Gasteiger charge is -2.30. The summed E-state index contributed by atoms with van der Waals surface area (Å²) >= 11 is 0. The van der Waals surface area contributed by atoms with Gasteiger partial charge in [-0.25, -0.2) is 18.7 Å². The number of likely N-dealkylation sites (tertiary alicyclic amines) is 1. The van der Waals surface area contributed by atoms with Crippen molar-refractivity contribution in [2.45, 2.75) is 44.1 Å². The average Bonchev–Trinajstić information content (AvgIpc) is 3.52. The highest BCUT2D eigenvalue weighted by atomic mass is 19.3. The molecule has 4 aromatic rings. The van der Waals surface area contributed by atoms with Crippen LogP contribution >= 0.6 is 0 Å². The highest BCUT2D eigenvalue weighted by Crippen LogP contribution is 2.33. The molecule has 1 aliphatic heterocycles. The van der Waals surface area contributed by atoms with Crippen LogP contribution in [0.1, 0.15) is 32.1 Å². The highest BCUT2D eigenvalue weighted by molar-refractivity contribution is 5.80. The van der Waals surface area contributed by atoms with E-state index in [2.05, 4.69) is 19.9 Å². The fourth-order valence-corrected chi connectivity index (χ4v) is 5.18. The van der Waals surface area contributed by atoms with Crippen LogP contribution in [0.3, 0.4) is 0 Å². The summed E-state index contributed by atoms with van der Waals surface area (Å²) in [5, 5.41) is 0. The summed E-state index contributed by atoms with van der Waals surface area (Å²) in [7, 11) is 0. The first-order valence-corrected chi connectivity index (χ1v) is 12.6. The Morgan fingerprint density at radius 3 is 2.43 bits per heavy atom. The lowest BCUT2D eigenvalue weighted by molar-refractivity contribution is -0.137. The molecule has 2 aliphatic rings. The molecule has 0 atom stereocenters. The van der Waals surface area contributed by atoms with Gasteiger partial charge in [0.25, 0.3) is 5.92 Å². The maximum absolute atomic E-state index is 13.5. The molecule has 1 aliphatic carbocycles. The van der Waals surface area contributed by atoms with Crippen LogP contribution < -0.4 is 4.74 Å². The first-order valence-electron chi connectivity index (χ1n) is 12.6. The van der Waals surface area contributed by atoms with Crippen LogP contribution in [0, 0.1) is 5.92 Å². The summed E-state index contributed by atoms with van der Waals surface area (Å²) in [4.78, 5) is 30.9. The number of nitrogens with zero attached hydrogens (tertiary/aromatic N) is 4. The largest absolute Gasteiger partial charge is 0.474 e. The van der Waals surface area contributed by atoms with E-state index in [1.807, 2.05) is 48.5 Å². The van der Waals surface area contributed by atoms with Crippen LogP contribution in [-0.2, 0) is 4.79 Å². The van der Waals surface area contributed by atoms with Crippen LogP contribution in [-0.4, -0.2) is 55.9 Å². The molecule has 2 fully saturated rings. The molecule has 0 bridgehead atoms. The number of H-pyrrole nitrogens is 1. The number of carbonyl (C=O) groups is 1. The Labute approximate surface area is 212 Å². The normalized spacial score (nSPS) is 21.3. The summed E-state index contributed by atoms with van der Waals surface area (Å²) in [6.45, 7) is -0.300. The van der Waals surface area contributed by atoms with E-state index < -0.39 is 12.5 Å². The zero-order chi connectivity index (χ0) is 25.4. The molecular weight excluding hydrogens is 476 g/mol. The van der Waals surface area contributed by atoms with Crippen molar-refractivity contribution in [2.75, 3.05) is 13.1 Å². The molecule has 7 nitrogen and oxygen atoms in total. The van der Waals surface area contributed by atoms with Gasteiger partial charge in [0.05, 0.1) is 23.3 Å². The monoisotopic (exact) mass is 503 g/mol. The van der Waals surface area contributed by atoms with Crippen molar-refractivity contribution in [1.29, 1.82) is 0 Å². The summed E-state index contributed by atoms with van der Waals surface area (Å²) in [5.74, 6) is -1.79. The molecule has 1 aromatic carbocycles. The third-order valence-electron chi connectivity index (χ3n) is 7.25. The van der Waals surface area contributed by atoms with Crippen molar-refractivity contribution < 1.29 is 18.3 Å². The molecule has 0 spiro atoms. The number of pyridine rings is 2. The van der Waals surface area contributed by atoms with Crippen LogP contribution in [0.4, 0.5) is 8.78 Å². The van der Waals surface area contributed by atoms with Crippen molar-refractivity contribution in [3.8, 4) is 28.5 Å². The number of imidazole rings is 1. The fraction of sp³-hybridized carbons (Fsp3) is 0.357. The number of aromatic nitrogens is 4. The summed E-state index contributed by atoms with van der Waals surface area (Å²) < 4.78 is 33.0. The van der Waals surface area contributed by atoms with E-state index in [0.717, 1.165) is 33.7 Å². The molecule has 0 unspecified atom stereocenters. The number of hydrogen-bond acceptors (Lipinski definition) is 5. The number of nitrogens with one attached hydrogen (secondary N) is 1. The topological polar surface area (TPSA) is 84.0 Å². The van der Waals surface area contributed by atoms with Gasteiger partial charge in [-0.2, -0.15) is 0 Å². The zero-order valence-electron chi connectivity index (χ0n) is 20.2. The molecule has 1 amide bonds. The minimum absolute atomic E-state index is 0.0383. The van der Waals surface area contributed by atoms with Crippen LogP contribution in [0.25, 0.3) is 33.7 Å². The molecule has 190 valence electrons. The summed E-state index contributed by atoms with van der Waals surface area (Å²) in [6, 6.07) is 15.6. The van der Waals surface area contributed by atoms with Crippen LogP contribution in [0.2, 0.25) is 0 Å². The van der Waals surface area contributed by atoms with Crippen LogP contribution in [0.15, 0.2) is 60.9 Å². The predicted octanol–water partition coefficient (Wildman–Crippen LogP) is 5.49. The van der Waals surface area contributed by atoms with Gasteiger partial charge in [-0.3, -0.25) is 9.78 Å². The maximum atomic E-state index is 13.5. The van der Waals surface area contributed by atoms with E-state index in [9.17, 15) is 13.6 Å². The summed E-state index contributed by atoms with van der Waals surface area (Å²) in [6.07, 6.45) is 5.95. The standard InChI is InChI=1S/C28H27F2N5O2/c29-28(30)13-14-35(17-28)27(36)18-5-9-21(10-6-18)37-25-12-8-19(15-32-25)22-11-7-20(16-31-22)26-33-23-3-1-2-4-24(23)34-26/h1-4,7-8,11-12,15-16,18,21H,5-6,9-10,13-14,17H2,(H,33,34)/t18-,21-. The van der Waals surface area contributed by atoms with Crippen LogP contribution in [0.5, 0.6) is 5.88 Å². The number of rotatable bonds is 5. The Bertz CT molecular complexity index is 1360. The third kappa shape index (κ3) is 5.03. The number of benzene rings is 1. The van der Waals surface area contributed by atoms with E-state index >= 15 is 0 Å². The molecule has 1 N–H and O–H groups in total. The molecule has 37 heavy (non-hydrogen) atoms. The Hall–Kier alpha value is -3.88. The minimum atomic E-state index is -2.75. The number of para-hydroxylation sites is 2. The SMILES string of the molecule is O=C([C@H]1CC[C@H](Oc2ccc(-c3ccc(-c4nc5ccccc5[nH]4)cn3)cn2)CC1)N1CCC(F)(F)C1. The number of alkyl halides is 2. The van der Waals surface area contributed by atoms with Crippen molar-refractivity contribution in [3.05, 3.63) is 60.9 Å². The van der Waals surface area contributed by atoms with E-state index in [0.29, 0.717) is 31.6 Å². The lowest BCUT2D eigenvalue weighted by atomic mass is 9.86. The molecule has 6 rings (SSSR count). The van der Waals surface area contributed by atoms with Gasteiger partial charge in [0, 0.05) is 48.5 Å². The van der Waals surface area contributed by atoms with Crippen molar-refractivity contribution >= 4 is 16.9 Å². The van der Waals surface area contributed by atoms with E-state index in [4.69, 9.17) is 4.74 Å². The van der Waals surface area contributed by atoms with Gasteiger partial charge in [-0.1, -0.05) is 12.1 Å². The van der Waals surface area contributed by atoms with Gasteiger partial charge in [0.15, 0.2) is 0 Å². The predicted molar refractivity (Wildman–Crippen MR) is 135 cm³/mol. The summed E-state index contributed by atoms with van der Waals surface area (Å²) in [5.41, 5.74) is 4.47. The smallest absolute Gasteiger partial charge is 0.267 e. The quantitative estimate of drug-likeness (QED) is 0.389. The first-order chi connectivity index (χ1) is 17.9. The average molecular weight is 504 g/mol.